The minimum absolute atomic E-state index is 0.136. The molecule has 1 aliphatic rings. The highest BCUT2D eigenvalue weighted by Gasteiger charge is 2.12. The average molecular weight is 256 g/mol. The molecule has 0 atom stereocenters. The van der Waals surface area contributed by atoms with Crippen molar-refractivity contribution in [1.82, 2.24) is 9.97 Å². The van der Waals surface area contributed by atoms with Gasteiger partial charge in [0.2, 0.25) is 0 Å². The van der Waals surface area contributed by atoms with Crippen molar-refractivity contribution in [2.24, 2.45) is 0 Å². The fraction of sp³-hybridized carbons (Fsp3) is 0.333. The van der Waals surface area contributed by atoms with Gasteiger partial charge in [0.25, 0.3) is 0 Å². The fourth-order valence-corrected chi connectivity index (χ4v) is 2.37. The molecule has 0 unspecified atom stereocenters. The Balaban J connectivity index is 2.04. The molecule has 19 heavy (non-hydrogen) atoms. The number of rotatable bonds is 2. The summed E-state index contributed by atoms with van der Waals surface area (Å²) in [6.45, 7) is 2.57. The van der Waals surface area contributed by atoms with Crippen LogP contribution in [0.1, 0.15) is 23.5 Å². The van der Waals surface area contributed by atoms with Crippen molar-refractivity contribution in [2.45, 2.75) is 26.4 Å². The second-order valence-electron chi connectivity index (χ2n) is 4.74. The van der Waals surface area contributed by atoms with Crippen LogP contribution in [0.5, 0.6) is 5.75 Å². The quantitative estimate of drug-likeness (QED) is 0.895. The van der Waals surface area contributed by atoms with Crippen LogP contribution in [-0.2, 0) is 13.0 Å². The van der Waals surface area contributed by atoms with Crippen molar-refractivity contribution in [2.75, 3.05) is 6.61 Å². The van der Waals surface area contributed by atoms with Gasteiger partial charge in [-0.3, -0.25) is 0 Å². The fourth-order valence-electron chi connectivity index (χ4n) is 2.37. The number of hydrogen-bond donors (Lipinski definition) is 1. The van der Waals surface area contributed by atoms with E-state index in [0.29, 0.717) is 5.82 Å². The molecular weight excluding hydrogens is 240 g/mol. The van der Waals surface area contributed by atoms with Crippen molar-refractivity contribution in [1.29, 1.82) is 0 Å². The molecule has 0 amide bonds. The normalized spacial score (nSPS) is 13.8. The Morgan fingerprint density at radius 2 is 2.16 bits per heavy atom. The van der Waals surface area contributed by atoms with Crippen molar-refractivity contribution >= 4 is 0 Å². The highest BCUT2D eigenvalue weighted by molar-refractivity contribution is 5.62. The maximum absolute atomic E-state index is 9.18. The van der Waals surface area contributed by atoms with Gasteiger partial charge in [0.05, 0.1) is 12.3 Å². The molecule has 0 fully saturated rings. The first-order chi connectivity index (χ1) is 9.26. The van der Waals surface area contributed by atoms with Gasteiger partial charge in [-0.15, -0.1) is 0 Å². The molecule has 4 nitrogen and oxygen atoms in total. The molecule has 0 bridgehead atoms. The SMILES string of the molecule is Cc1cc(-c2ccc3c(c2)CCCO3)nc(CO)n1. The highest BCUT2D eigenvalue weighted by Crippen LogP contribution is 2.29. The van der Waals surface area contributed by atoms with Gasteiger partial charge in [-0.1, -0.05) is 0 Å². The number of aromatic nitrogens is 2. The molecule has 1 aromatic heterocycles. The summed E-state index contributed by atoms with van der Waals surface area (Å²) in [5.74, 6) is 1.44. The third kappa shape index (κ3) is 2.44. The van der Waals surface area contributed by atoms with Crippen LogP contribution < -0.4 is 4.74 Å². The van der Waals surface area contributed by atoms with Gasteiger partial charge in [0.15, 0.2) is 5.82 Å². The minimum Gasteiger partial charge on any atom is -0.493 e. The van der Waals surface area contributed by atoms with Crippen molar-refractivity contribution in [3.05, 3.63) is 41.3 Å². The molecule has 1 aromatic carbocycles. The standard InChI is InChI=1S/C15H16N2O2/c1-10-7-13(17-15(9-18)16-10)11-4-5-14-12(8-11)3-2-6-19-14/h4-5,7-8,18H,2-3,6,9H2,1H3. The summed E-state index contributed by atoms with van der Waals surface area (Å²) >= 11 is 0. The molecule has 4 heteroatoms. The molecule has 98 valence electrons. The van der Waals surface area contributed by atoms with Crippen LogP contribution in [-0.4, -0.2) is 21.7 Å². The lowest BCUT2D eigenvalue weighted by Gasteiger charge is -2.17. The van der Waals surface area contributed by atoms with Gasteiger partial charge >= 0.3 is 0 Å². The Morgan fingerprint density at radius 1 is 1.26 bits per heavy atom. The Morgan fingerprint density at radius 3 is 3.00 bits per heavy atom. The summed E-state index contributed by atoms with van der Waals surface area (Å²) in [5.41, 5.74) is 3.99. The predicted molar refractivity (Wildman–Crippen MR) is 71.9 cm³/mol. The summed E-state index contributed by atoms with van der Waals surface area (Å²) < 4.78 is 5.61. The third-order valence-electron chi connectivity index (χ3n) is 3.25. The largest absolute Gasteiger partial charge is 0.493 e. The van der Waals surface area contributed by atoms with Crippen LogP contribution in [0.15, 0.2) is 24.3 Å². The zero-order chi connectivity index (χ0) is 13.2. The molecular formula is C15H16N2O2. The number of benzene rings is 1. The first kappa shape index (κ1) is 12.1. The van der Waals surface area contributed by atoms with Gasteiger partial charge < -0.3 is 9.84 Å². The summed E-state index contributed by atoms with van der Waals surface area (Å²) in [4.78, 5) is 8.55. The first-order valence-electron chi connectivity index (χ1n) is 6.48. The van der Waals surface area contributed by atoms with E-state index in [2.05, 4.69) is 16.0 Å². The Kier molecular flexibility index (Phi) is 3.17. The number of hydrogen-bond acceptors (Lipinski definition) is 4. The summed E-state index contributed by atoms with van der Waals surface area (Å²) in [5, 5.41) is 9.18. The van der Waals surface area contributed by atoms with E-state index in [-0.39, 0.29) is 6.61 Å². The molecule has 0 aliphatic carbocycles. The van der Waals surface area contributed by atoms with Gasteiger partial charge in [-0.05, 0) is 49.6 Å². The second-order valence-corrected chi connectivity index (χ2v) is 4.74. The molecule has 2 heterocycles. The van der Waals surface area contributed by atoms with Gasteiger partial charge in [0.1, 0.15) is 12.4 Å². The van der Waals surface area contributed by atoms with E-state index in [9.17, 15) is 5.11 Å². The van der Waals surface area contributed by atoms with Crippen LogP contribution in [0.4, 0.5) is 0 Å². The molecule has 2 aromatic rings. The van der Waals surface area contributed by atoms with Crippen LogP contribution in [0.3, 0.4) is 0 Å². The Labute approximate surface area is 112 Å². The van der Waals surface area contributed by atoms with E-state index in [0.717, 1.165) is 42.1 Å². The topological polar surface area (TPSA) is 55.2 Å². The third-order valence-corrected chi connectivity index (χ3v) is 3.25. The number of aliphatic hydroxyl groups is 1. The average Bonchev–Trinajstić information content (AvgIpc) is 2.46. The van der Waals surface area contributed by atoms with Crippen LogP contribution in [0, 0.1) is 6.92 Å². The second kappa shape index (κ2) is 4.97. The van der Waals surface area contributed by atoms with Gasteiger partial charge in [-0.25, -0.2) is 9.97 Å². The van der Waals surface area contributed by atoms with Crippen LogP contribution in [0.2, 0.25) is 0 Å². The Hall–Kier alpha value is -1.94. The van der Waals surface area contributed by atoms with Gasteiger partial charge in [-0.2, -0.15) is 0 Å². The zero-order valence-corrected chi connectivity index (χ0v) is 10.9. The van der Waals surface area contributed by atoms with Crippen LogP contribution >= 0.6 is 0 Å². The summed E-state index contributed by atoms with van der Waals surface area (Å²) in [6, 6.07) is 8.06. The molecule has 0 saturated carbocycles. The van der Waals surface area contributed by atoms with E-state index < -0.39 is 0 Å². The number of nitrogens with zero attached hydrogens (tertiary/aromatic N) is 2. The molecule has 0 spiro atoms. The molecule has 1 N–H and O–H groups in total. The summed E-state index contributed by atoms with van der Waals surface area (Å²) in [6.07, 6.45) is 2.10. The van der Waals surface area contributed by atoms with E-state index >= 15 is 0 Å². The van der Waals surface area contributed by atoms with Crippen molar-refractivity contribution in [3.63, 3.8) is 0 Å². The number of aliphatic hydroxyl groups excluding tert-OH is 1. The molecule has 0 radical (unpaired) electrons. The molecule has 0 saturated heterocycles. The molecule has 3 rings (SSSR count). The van der Waals surface area contributed by atoms with Crippen LogP contribution in [0.25, 0.3) is 11.3 Å². The van der Waals surface area contributed by atoms with Crippen molar-refractivity contribution < 1.29 is 9.84 Å². The number of aryl methyl sites for hydroxylation is 2. The monoisotopic (exact) mass is 256 g/mol. The molecule has 1 aliphatic heterocycles. The predicted octanol–water partition coefficient (Wildman–Crippen LogP) is 2.27. The lowest BCUT2D eigenvalue weighted by atomic mass is 10.0. The maximum Gasteiger partial charge on any atom is 0.154 e. The lowest BCUT2D eigenvalue weighted by molar-refractivity contribution is 0.271. The van der Waals surface area contributed by atoms with E-state index in [1.807, 2.05) is 25.1 Å². The van der Waals surface area contributed by atoms with E-state index in [1.165, 1.54) is 5.56 Å². The zero-order valence-electron chi connectivity index (χ0n) is 10.9. The smallest absolute Gasteiger partial charge is 0.154 e. The van der Waals surface area contributed by atoms with Gasteiger partial charge in [0, 0.05) is 11.3 Å². The highest BCUT2D eigenvalue weighted by atomic mass is 16.5. The van der Waals surface area contributed by atoms with E-state index in [1.54, 1.807) is 0 Å². The lowest BCUT2D eigenvalue weighted by Crippen LogP contribution is -2.08. The minimum atomic E-state index is -0.136. The van der Waals surface area contributed by atoms with Crippen molar-refractivity contribution in [3.8, 4) is 17.0 Å². The maximum atomic E-state index is 9.18. The number of fused-ring (bicyclic) bond motifs is 1. The number of ether oxygens (including phenoxy) is 1. The summed E-state index contributed by atoms with van der Waals surface area (Å²) in [7, 11) is 0. The van der Waals surface area contributed by atoms with E-state index in [4.69, 9.17) is 4.74 Å². The first-order valence-corrected chi connectivity index (χ1v) is 6.48. The Bertz CT molecular complexity index is 611.